The molecule has 0 aliphatic carbocycles. The molecule has 0 heterocycles. The van der Waals surface area contributed by atoms with E-state index in [1.165, 1.54) is 18.4 Å². The maximum Gasteiger partial charge on any atom is 0.0431 e. The summed E-state index contributed by atoms with van der Waals surface area (Å²) in [5, 5.41) is 8.62. The average molecular weight is 230 g/mol. The Kier molecular flexibility index (Phi) is 7.96. The molecule has 1 heteroatoms. The summed E-state index contributed by atoms with van der Waals surface area (Å²) in [6, 6.07) is 10.3. The molecule has 0 saturated carbocycles. The maximum absolute atomic E-state index is 8.62. The molecule has 0 saturated heterocycles. The molecule has 0 aromatic heterocycles. The third kappa shape index (κ3) is 7.53. The molecule has 0 atom stereocenters. The van der Waals surface area contributed by atoms with Gasteiger partial charge in [-0.25, -0.2) is 0 Å². The van der Waals surface area contributed by atoms with E-state index in [2.05, 4.69) is 36.4 Å². The second kappa shape index (κ2) is 9.86. The Balaban J connectivity index is 2.08. The van der Waals surface area contributed by atoms with Crippen LogP contribution in [0.5, 0.6) is 0 Å². The minimum Gasteiger partial charge on any atom is -0.396 e. The fourth-order valence-electron chi connectivity index (χ4n) is 1.63. The van der Waals surface area contributed by atoms with Gasteiger partial charge < -0.3 is 5.11 Å². The number of benzene rings is 1. The summed E-state index contributed by atoms with van der Waals surface area (Å²) in [6.45, 7) is 0.329. The molecule has 1 nitrogen and oxygen atoms in total. The van der Waals surface area contributed by atoms with Crippen molar-refractivity contribution in [2.75, 3.05) is 6.61 Å². The van der Waals surface area contributed by atoms with Crippen molar-refractivity contribution in [1.82, 2.24) is 0 Å². The first-order valence-electron chi connectivity index (χ1n) is 6.42. The van der Waals surface area contributed by atoms with Crippen LogP contribution in [0.25, 0.3) is 6.08 Å². The van der Waals surface area contributed by atoms with E-state index in [-0.39, 0.29) is 0 Å². The first-order valence-corrected chi connectivity index (χ1v) is 6.42. The molecule has 17 heavy (non-hydrogen) atoms. The summed E-state index contributed by atoms with van der Waals surface area (Å²) in [4.78, 5) is 0. The molecule has 1 aromatic rings. The Morgan fingerprint density at radius 3 is 2.41 bits per heavy atom. The summed E-state index contributed by atoms with van der Waals surface area (Å²) in [6.07, 6.45) is 14.2. The van der Waals surface area contributed by atoms with Crippen molar-refractivity contribution in [1.29, 1.82) is 0 Å². The Morgan fingerprint density at radius 2 is 1.65 bits per heavy atom. The van der Waals surface area contributed by atoms with Crippen LogP contribution in [0.3, 0.4) is 0 Å². The standard InChI is InChI=1S/C16H22O/c17-15-11-6-4-2-1-3-5-8-12-16-13-9-7-10-14-16/h3,5,7-10,12-14,17H,1-2,4,6,11,15H2. The lowest BCUT2D eigenvalue weighted by Gasteiger charge is -1.95. The molecule has 1 aromatic carbocycles. The van der Waals surface area contributed by atoms with Crippen molar-refractivity contribution in [3.63, 3.8) is 0 Å². The van der Waals surface area contributed by atoms with Crippen LogP contribution < -0.4 is 0 Å². The minimum absolute atomic E-state index is 0.329. The van der Waals surface area contributed by atoms with Crippen molar-refractivity contribution in [2.24, 2.45) is 0 Å². The highest BCUT2D eigenvalue weighted by molar-refractivity contribution is 5.50. The van der Waals surface area contributed by atoms with E-state index in [0.29, 0.717) is 6.61 Å². The number of allylic oxidation sites excluding steroid dienone is 3. The van der Waals surface area contributed by atoms with Gasteiger partial charge in [0, 0.05) is 6.61 Å². The quantitative estimate of drug-likeness (QED) is 0.524. The van der Waals surface area contributed by atoms with Gasteiger partial charge in [0.25, 0.3) is 0 Å². The molecule has 92 valence electrons. The summed E-state index contributed by atoms with van der Waals surface area (Å²) < 4.78 is 0. The van der Waals surface area contributed by atoms with Crippen molar-refractivity contribution in [3.05, 3.63) is 54.1 Å². The predicted octanol–water partition coefficient (Wildman–Crippen LogP) is 4.20. The van der Waals surface area contributed by atoms with Gasteiger partial charge in [-0.3, -0.25) is 0 Å². The van der Waals surface area contributed by atoms with Crippen LogP contribution in [0, 0.1) is 0 Å². The molecule has 0 spiro atoms. The Morgan fingerprint density at radius 1 is 0.882 bits per heavy atom. The van der Waals surface area contributed by atoms with Crippen LogP contribution in [0.1, 0.15) is 37.7 Å². The van der Waals surface area contributed by atoms with Gasteiger partial charge in [-0.05, 0) is 24.8 Å². The molecule has 0 radical (unpaired) electrons. The number of hydrogen-bond acceptors (Lipinski definition) is 1. The molecular weight excluding hydrogens is 208 g/mol. The van der Waals surface area contributed by atoms with Gasteiger partial charge in [0.15, 0.2) is 0 Å². The van der Waals surface area contributed by atoms with Crippen LogP contribution in [0.4, 0.5) is 0 Å². The number of unbranched alkanes of at least 4 members (excludes halogenated alkanes) is 4. The zero-order valence-electron chi connectivity index (χ0n) is 10.4. The fourth-order valence-corrected chi connectivity index (χ4v) is 1.63. The molecule has 1 rings (SSSR count). The zero-order valence-corrected chi connectivity index (χ0v) is 10.4. The van der Waals surface area contributed by atoms with E-state index >= 15 is 0 Å². The highest BCUT2D eigenvalue weighted by atomic mass is 16.2. The SMILES string of the molecule is OCCCCCCC=CC=Cc1ccccc1. The topological polar surface area (TPSA) is 20.2 Å². The van der Waals surface area contributed by atoms with Crippen molar-refractivity contribution in [3.8, 4) is 0 Å². The number of rotatable bonds is 8. The van der Waals surface area contributed by atoms with Crippen LogP contribution in [-0.2, 0) is 0 Å². The molecule has 0 aliphatic heterocycles. The Hall–Kier alpha value is -1.34. The molecule has 0 bridgehead atoms. The lowest BCUT2D eigenvalue weighted by molar-refractivity contribution is 0.282. The van der Waals surface area contributed by atoms with Gasteiger partial charge >= 0.3 is 0 Å². The summed E-state index contributed by atoms with van der Waals surface area (Å²) in [5.74, 6) is 0. The van der Waals surface area contributed by atoms with Gasteiger partial charge in [0.2, 0.25) is 0 Å². The van der Waals surface area contributed by atoms with E-state index in [4.69, 9.17) is 5.11 Å². The first-order chi connectivity index (χ1) is 8.43. The molecule has 0 unspecified atom stereocenters. The maximum atomic E-state index is 8.62. The average Bonchev–Trinajstić information content (AvgIpc) is 2.38. The lowest BCUT2D eigenvalue weighted by Crippen LogP contribution is -1.82. The van der Waals surface area contributed by atoms with Crippen LogP contribution in [-0.4, -0.2) is 11.7 Å². The van der Waals surface area contributed by atoms with Gasteiger partial charge in [0.05, 0.1) is 0 Å². The summed E-state index contributed by atoms with van der Waals surface area (Å²) >= 11 is 0. The summed E-state index contributed by atoms with van der Waals surface area (Å²) in [5.41, 5.74) is 1.24. The smallest absolute Gasteiger partial charge is 0.0431 e. The zero-order chi connectivity index (χ0) is 12.2. The molecule has 1 N–H and O–H groups in total. The second-order valence-corrected chi connectivity index (χ2v) is 4.12. The highest BCUT2D eigenvalue weighted by Gasteiger charge is 1.86. The normalized spacial score (nSPS) is 11.6. The van der Waals surface area contributed by atoms with E-state index < -0.39 is 0 Å². The van der Waals surface area contributed by atoms with Crippen LogP contribution in [0.15, 0.2) is 48.6 Å². The van der Waals surface area contributed by atoms with Crippen molar-refractivity contribution in [2.45, 2.75) is 32.1 Å². The van der Waals surface area contributed by atoms with Crippen molar-refractivity contribution < 1.29 is 5.11 Å². The van der Waals surface area contributed by atoms with E-state index in [9.17, 15) is 0 Å². The first kappa shape index (κ1) is 13.7. The lowest BCUT2D eigenvalue weighted by atomic mass is 10.1. The van der Waals surface area contributed by atoms with Gasteiger partial charge in [-0.1, -0.05) is 67.5 Å². The monoisotopic (exact) mass is 230 g/mol. The minimum atomic E-state index is 0.329. The van der Waals surface area contributed by atoms with Crippen molar-refractivity contribution >= 4 is 6.08 Å². The Bertz CT molecular complexity index is 325. The predicted molar refractivity (Wildman–Crippen MR) is 74.8 cm³/mol. The van der Waals surface area contributed by atoms with E-state index in [1.807, 2.05) is 18.2 Å². The molecule has 0 aliphatic rings. The van der Waals surface area contributed by atoms with Gasteiger partial charge in [-0.2, -0.15) is 0 Å². The molecule has 0 amide bonds. The molecular formula is C16H22O. The number of aliphatic hydroxyl groups is 1. The third-order valence-electron chi connectivity index (χ3n) is 2.61. The fraction of sp³-hybridized carbons (Fsp3) is 0.375. The van der Waals surface area contributed by atoms with E-state index in [1.54, 1.807) is 0 Å². The van der Waals surface area contributed by atoms with Gasteiger partial charge in [0.1, 0.15) is 0 Å². The number of aliphatic hydroxyl groups excluding tert-OH is 1. The Labute approximate surface area is 104 Å². The molecule has 0 fully saturated rings. The number of hydrogen-bond donors (Lipinski definition) is 1. The third-order valence-corrected chi connectivity index (χ3v) is 2.61. The largest absolute Gasteiger partial charge is 0.396 e. The second-order valence-electron chi connectivity index (χ2n) is 4.12. The van der Waals surface area contributed by atoms with Crippen LogP contribution in [0.2, 0.25) is 0 Å². The van der Waals surface area contributed by atoms with Gasteiger partial charge in [-0.15, -0.1) is 0 Å². The van der Waals surface area contributed by atoms with E-state index in [0.717, 1.165) is 19.3 Å². The highest BCUT2D eigenvalue weighted by Crippen LogP contribution is 2.04. The summed E-state index contributed by atoms with van der Waals surface area (Å²) in [7, 11) is 0. The van der Waals surface area contributed by atoms with Crippen LogP contribution >= 0.6 is 0 Å².